The number of nitrogens with zero attached hydrogens (tertiary/aromatic N) is 1. The van der Waals surface area contributed by atoms with Crippen LogP contribution in [0.15, 0.2) is 17.5 Å². The van der Waals surface area contributed by atoms with E-state index in [-0.39, 0.29) is 37.7 Å². The second-order valence-corrected chi connectivity index (χ2v) is 6.70. The number of halogens is 4. The lowest BCUT2D eigenvalue weighted by Crippen LogP contribution is -2.40. The third kappa shape index (κ3) is 5.10. The summed E-state index contributed by atoms with van der Waals surface area (Å²) in [7, 11) is 0. The average Bonchev–Trinajstić information content (AvgIpc) is 3.55. The molecule has 0 aromatic heterocycles. The smallest absolute Gasteiger partial charge is 0.345 e. The lowest BCUT2D eigenvalue weighted by molar-refractivity contribution is -0.138. The van der Waals surface area contributed by atoms with E-state index < -0.39 is 46.2 Å². The van der Waals surface area contributed by atoms with Gasteiger partial charge in [0.2, 0.25) is 5.78 Å². The number of esters is 1. The first-order chi connectivity index (χ1) is 14.3. The summed E-state index contributed by atoms with van der Waals surface area (Å²) < 4.78 is 59.9. The first-order valence-corrected chi connectivity index (χ1v) is 9.68. The summed E-state index contributed by atoms with van der Waals surface area (Å²) in [6, 6.07) is 0.126. The van der Waals surface area contributed by atoms with Crippen molar-refractivity contribution in [3.63, 3.8) is 0 Å². The first kappa shape index (κ1) is 23.7. The minimum atomic E-state index is -2.15. The van der Waals surface area contributed by atoms with E-state index in [0.717, 1.165) is 12.8 Å². The predicted octanol–water partition coefficient (Wildman–Crippen LogP) is 2.66. The summed E-state index contributed by atoms with van der Waals surface area (Å²) >= 11 is 0. The van der Waals surface area contributed by atoms with E-state index in [1.54, 1.807) is 4.90 Å². The van der Waals surface area contributed by atoms with E-state index >= 15 is 0 Å². The van der Waals surface area contributed by atoms with Gasteiger partial charge in [0, 0.05) is 19.1 Å². The molecule has 1 saturated carbocycles. The molecule has 0 radical (unpaired) electrons. The molecule has 6 nitrogen and oxygen atoms in total. The zero-order valence-corrected chi connectivity index (χ0v) is 16.7. The number of nitrogens with one attached hydrogen (secondary N) is 1. The van der Waals surface area contributed by atoms with E-state index in [0.29, 0.717) is 13.0 Å². The van der Waals surface area contributed by atoms with Gasteiger partial charge in [0.1, 0.15) is 11.4 Å². The number of aliphatic hydroxyl groups excluding tert-OH is 1. The molecule has 2 N–H and O–H groups in total. The normalized spacial score (nSPS) is 14.2. The SMILES string of the molecule is CCCNC(=C(C(=O)OCC)C(=O)c1cc(F)c(F)c(F)c1F)N(CCO)C1CC1. The molecule has 1 aromatic carbocycles. The number of rotatable bonds is 11. The van der Waals surface area contributed by atoms with Crippen LogP contribution in [0.4, 0.5) is 17.6 Å². The van der Waals surface area contributed by atoms with Crippen molar-refractivity contribution in [2.45, 2.75) is 39.2 Å². The summed E-state index contributed by atoms with van der Waals surface area (Å²) in [6.07, 6.45) is 2.06. The molecule has 1 aromatic rings. The van der Waals surface area contributed by atoms with Gasteiger partial charge in [-0.1, -0.05) is 6.92 Å². The zero-order valence-electron chi connectivity index (χ0n) is 16.7. The van der Waals surface area contributed by atoms with Crippen molar-refractivity contribution in [3.05, 3.63) is 46.3 Å². The highest BCUT2D eigenvalue weighted by Gasteiger charge is 2.37. The van der Waals surface area contributed by atoms with Crippen molar-refractivity contribution >= 4 is 11.8 Å². The quantitative estimate of drug-likeness (QED) is 0.0818. The zero-order chi connectivity index (χ0) is 22.4. The lowest BCUT2D eigenvalue weighted by Gasteiger charge is -2.29. The van der Waals surface area contributed by atoms with Gasteiger partial charge in [-0.05, 0) is 32.3 Å². The van der Waals surface area contributed by atoms with E-state index in [1.165, 1.54) is 6.92 Å². The van der Waals surface area contributed by atoms with Crippen molar-refractivity contribution in [2.24, 2.45) is 0 Å². The van der Waals surface area contributed by atoms with Crippen LogP contribution >= 0.6 is 0 Å². The number of ketones is 1. The maximum atomic E-state index is 14.3. The number of carbonyl (C=O) groups is 2. The number of hydrogen-bond acceptors (Lipinski definition) is 6. The maximum Gasteiger partial charge on any atom is 0.345 e. The van der Waals surface area contributed by atoms with Gasteiger partial charge < -0.3 is 20.1 Å². The van der Waals surface area contributed by atoms with Crippen LogP contribution in [0.1, 0.15) is 43.5 Å². The Kier molecular flexibility index (Phi) is 8.22. The molecule has 10 heteroatoms. The van der Waals surface area contributed by atoms with Crippen molar-refractivity contribution in [1.82, 2.24) is 10.2 Å². The molecule has 0 saturated heterocycles. The van der Waals surface area contributed by atoms with E-state index in [4.69, 9.17) is 4.74 Å². The highest BCUT2D eigenvalue weighted by atomic mass is 19.2. The van der Waals surface area contributed by atoms with Gasteiger partial charge in [-0.2, -0.15) is 0 Å². The fourth-order valence-corrected chi connectivity index (χ4v) is 2.92. The molecule has 1 fully saturated rings. The Morgan fingerprint density at radius 3 is 2.37 bits per heavy atom. The second kappa shape index (κ2) is 10.4. The van der Waals surface area contributed by atoms with Crippen LogP contribution in [-0.2, 0) is 9.53 Å². The summed E-state index contributed by atoms with van der Waals surface area (Å²) in [4.78, 5) is 27.3. The summed E-state index contributed by atoms with van der Waals surface area (Å²) in [5.41, 5.74) is -1.81. The fourth-order valence-electron chi connectivity index (χ4n) is 2.92. The van der Waals surface area contributed by atoms with Crippen molar-refractivity contribution < 1.29 is 37.0 Å². The Balaban J connectivity index is 2.69. The van der Waals surface area contributed by atoms with Crippen LogP contribution in [0.3, 0.4) is 0 Å². The minimum Gasteiger partial charge on any atom is -0.462 e. The van der Waals surface area contributed by atoms with Gasteiger partial charge >= 0.3 is 5.97 Å². The first-order valence-electron chi connectivity index (χ1n) is 9.68. The molecule has 0 spiro atoms. The standard InChI is InChI=1S/C20H24F4N2O4/c1-3-7-25-19(26(8-9-27)11-5-6-11)14(20(29)30-4-2)18(28)12-10-13(21)16(23)17(24)15(12)22/h10-11,25,27H,3-9H2,1-2H3. The van der Waals surface area contributed by atoms with Crippen LogP contribution in [0, 0.1) is 23.3 Å². The number of benzene rings is 1. The molecule has 0 bridgehead atoms. The third-order valence-corrected chi connectivity index (χ3v) is 4.45. The van der Waals surface area contributed by atoms with Crippen LogP contribution in [0.2, 0.25) is 0 Å². The summed E-state index contributed by atoms with van der Waals surface area (Å²) in [5.74, 6) is -10.4. The topological polar surface area (TPSA) is 78.9 Å². The largest absolute Gasteiger partial charge is 0.462 e. The number of Topliss-reactive ketones (excluding diaryl/α,β-unsaturated/α-hetero) is 1. The van der Waals surface area contributed by atoms with Crippen molar-refractivity contribution in [1.29, 1.82) is 0 Å². The minimum absolute atomic E-state index is 0.0265. The molecule has 0 amide bonds. The molecule has 30 heavy (non-hydrogen) atoms. The van der Waals surface area contributed by atoms with Gasteiger partial charge in [-0.3, -0.25) is 4.79 Å². The second-order valence-electron chi connectivity index (χ2n) is 6.70. The van der Waals surface area contributed by atoms with E-state index in [9.17, 15) is 32.3 Å². The van der Waals surface area contributed by atoms with Crippen LogP contribution in [0.25, 0.3) is 0 Å². The van der Waals surface area contributed by atoms with Crippen LogP contribution in [0.5, 0.6) is 0 Å². The Bertz CT molecular complexity index is 841. The fraction of sp³-hybridized carbons (Fsp3) is 0.500. The maximum absolute atomic E-state index is 14.3. The Labute approximate surface area is 171 Å². The van der Waals surface area contributed by atoms with Crippen LogP contribution in [-0.4, -0.2) is 54.1 Å². The lowest BCUT2D eigenvalue weighted by atomic mass is 10.0. The molecular weight excluding hydrogens is 408 g/mol. The van der Waals surface area contributed by atoms with E-state index in [2.05, 4.69) is 5.32 Å². The predicted molar refractivity (Wildman–Crippen MR) is 99.4 cm³/mol. The average molecular weight is 432 g/mol. The monoisotopic (exact) mass is 432 g/mol. The Hall–Kier alpha value is -2.62. The molecule has 1 aliphatic carbocycles. The van der Waals surface area contributed by atoms with Gasteiger partial charge in [-0.15, -0.1) is 0 Å². The van der Waals surface area contributed by atoms with Crippen molar-refractivity contribution in [2.75, 3.05) is 26.3 Å². The van der Waals surface area contributed by atoms with Crippen molar-refractivity contribution in [3.8, 4) is 0 Å². The molecular formula is C20H24F4N2O4. The van der Waals surface area contributed by atoms with E-state index in [1.807, 2.05) is 6.92 Å². The molecule has 1 aliphatic rings. The van der Waals surface area contributed by atoms with Gasteiger partial charge in [0.05, 0.1) is 18.8 Å². The molecule has 2 rings (SSSR count). The number of aliphatic hydroxyl groups is 1. The summed E-state index contributed by atoms with van der Waals surface area (Å²) in [5, 5.41) is 12.3. The molecule has 0 atom stereocenters. The molecule has 0 unspecified atom stereocenters. The number of hydrogen-bond donors (Lipinski definition) is 2. The van der Waals surface area contributed by atoms with Gasteiger partial charge in [0.15, 0.2) is 23.3 Å². The highest BCUT2D eigenvalue weighted by Crippen LogP contribution is 2.31. The van der Waals surface area contributed by atoms with Crippen LogP contribution < -0.4 is 5.32 Å². The van der Waals surface area contributed by atoms with Gasteiger partial charge in [0.25, 0.3) is 0 Å². The molecule has 0 heterocycles. The number of carbonyl (C=O) groups excluding carboxylic acids is 2. The summed E-state index contributed by atoms with van der Waals surface area (Å²) in [6.45, 7) is 3.27. The third-order valence-electron chi connectivity index (χ3n) is 4.45. The van der Waals surface area contributed by atoms with Gasteiger partial charge in [-0.25, -0.2) is 22.4 Å². The molecule has 166 valence electrons. The molecule has 0 aliphatic heterocycles. The Morgan fingerprint density at radius 1 is 1.17 bits per heavy atom. The highest BCUT2D eigenvalue weighted by molar-refractivity contribution is 6.24. The number of ether oxygens (including phenoxy) is 1. The Morgan fingerprint density at radius 2 is 1.83 bits per heavy atom.